The Morgan fingerprint density at radius 2 is 1.82 bits per heavy atom. The first-order valence-electron chi connectivity index (χ1n) is 10.6. The molecule has 2 aromatic carbocycles. The van der Waals surface area contributed by atoms with Crippen molar-refractivity contribution in [1.29, 1.82) is 0 Å². The predicted octanol–water partition coefficient (Wildman–Crippen LogP) is 5.10. The topological polar surface area (TPSA) is 83.6 Å². The fourth-order valence-corrected chi connectivity index (χ4v) is 4.61. The lowest BCUT2D eigenvalue weighted by Gasteiger charge is -2.16. The van der Waals surface area contributed by atoms with Crippen LogP contribution in [0.25, 0.3) is 33.5 Å². The van der Waals surface area contributed by atoms with Crippen LogP contribution in [0.2, 0.25) is 5.15 Å². The summed E-state index contributed by atoms with van der Waals surface area (Å²) in [6.45, 7) is 0. The number of carbonyl (C=O) groups excluding carboxylic acids is 1. The van der Waals surface area contributed by atoms with Gasteiger partial charge in [-0.15, -0.1) is 0 Å². The highest BCUT2D eigenvalue weighted by molar-refractivity contribution is 6.29. The van der Waals surface area contributed by atoms with E-state index in [0.29, 0.717) is 5.15 Å². The van der Waals surface area contributed by atoms with Crippen LogP contribution in [0.4, 0.5) is 0 Å². The summed E-state index contributed by atoms with van der Waals surface area (Å²) in [5.74, 6) is 0.704. The van der Waals surface area contributed by atoms with Gasteiger partial charge in [0.15, 0.2) is 0 Å². The molecule has 2 N–H and O–H groups in total. The average molecular weight is 452 g/mol. The van der Waals surface area contributed by atoms with E-state index < -0.39 is 0 Å². The number of halogens is 1. The lowest BCUT2D eigenvalue weighted by molar-refractivity contribution is -0.120. The van der Waals surface area contributed by atoms with Gasteiger partial charge in [0.1, 0.15) is 11.0 Å². The van der Waals surface area contributed by atoms with E-state index in [9.17, 15) is 4.79 Å². The van der Waals surface area contributed by atoms with Gasteiger partial charge in [-0.2, -0.15) is 0 Å². The Morgan fingerprint density at radius 1 is 0.970 bits per heavy atom. The molecule has 5 aromatic rings. The van der Waals surface area contributed by atoms with Crippen LogP contribution in [0, 0.1) is 0 Å². The molecule has 0 spiro atoms. The molecule has 1 aliphatic rings. The number of aromatic nitrogens is 4. The highest BCUT2D eigenvalue weighted by atomic mass is 35.5. The van der Waals surface area contributed by atoms with E-state index in [0.717, 1.165) is 50.2 Å². The van der Waals surface area contributed by atoms with E-state index in [1.807, 2.05) is 30.3 Å². The number of aromatic amines is 1. The molecular weight excluding hydrogens is 434 g/mol. The maximum atomic E-state index is 12.9. The van der Waals surface area contributed by atoms with Gasteiger partial charge in [-0.25, -0.2) is 9.97 Å². The highest BCUT2D eigenvalue weighted by Gasteiger charge is 2.32. The van der Waals surface area contributed by atoms with E-state index in [1.54, 1.807) is 24.7 Å². The van der Waals surface area contributed by atoms with Crippen molar-refractivity contribution in [3.05, 3.63) is 101 Å². The molecule has 0 saturated carbocycles. The summed E-state index contributed by atoms with van der Waals surface area (Å²) < 4.78 is 0. The van der Waals surface area contributed by atoms with E-state index in [1.165, 1.54) is 0 Å². The normalized spacial score (nSPS) is 14.2. The van der Waals surface area contributed by atoms with Crippen LogP contribution in [0.1, 0.15) is 22.7 Å². The number of hydrogen-bond acceptors (Lipinski definition) is 4. The molecule has 1 amide bonds. The Balaban J connectivity index is 1.40. The lowest BCUT2D eigenvalue weighted by atomic mass is 9.98. The summed E-state index contributed by atoms with van der Waals surface area (Å²) in [5, 5.41) is 3.63. The number of nitrogens with zero attached hydrogens (tertiary/aromatic N) is 3. The first kappa shape index (κ1) is 19.6. The molecule has 6 nitrogen and oxygen atoms in total. The Labute approximate surface area is 194 Å². The molecule has 3 heterocycles. The van der Waals surface area contributed by atoms with Gasteiger partial charge < -0.3 is 10.3 Å². The van der Waals surface area contributed by atoms with Gasteiger partial charge >= 0.3 is 0 Å². The van der Waals surface area contributed by atoms with Crippen molar-refractivity contribution in [3.8, 4) is 22.5 Å². The third-order valence-electron chi connectivity index (χ3n) is 5.95. The van der Waals surface area contributed by atoms with Crippen molar-refractivity contribution >= 4 is 28.5 Å². The zero-order valence-corrected chi connectivity index (χ0v) is 18.2. The van der Waals surface area contributed by atoms with Crippen LogP contribution in [0.5, 0.6) is 0 Å². The SMILES string of the molecule is O=C(Cc1ccc(Cl)nc1)NC1c2ccccc2-c2c(-c3nc4ccncc4[nH]3)cccc21. The molecular formula is C26H18ClN5O. The van der Waals surface area contributed by atoms with Crippen LogP contribution in [-0.2, 0) is 11.2 Å². The first-order chi connectivity index (χ1) is 16.2. The fourth-order valence-electron chi connectivity index (χ4n) is 4.50. The maximum Gasteiger partial charge on any atom is 0.225 e. The number of pyridine rings is 2. The minimum atomic E-state index is -0.241. The van der Waals surface area contributed by atoms with Crippen molar-refractivity contribution < 1.29 is 4.79 Å². The van der Waals surface area contributed by atoms with Crippen LogP contribution >= 0.6 is 11.6 Å². The van der Waals surface area contributed by atoms with Crippen molar-refractivity contribution in [2.24, 2.45) is 0 Å². The second-order valence-corrected chi connectivity index (χ2v) is 8.39. The number of nitrogens with one attached hydrogen (secondary N) is 2. The van der Waals surface area contributed by atoms with Gasteiger partial charge in [0.25, 0.3) is 0 Å². The molecule has 1 unspecified atom stereocenters. The average Bonchev–Trinajstić information content (AvgIpc) is 3.40. The Bertz CT molecular complexity index is 1480. The van der Waals surface area contributed by atoms with Crippen LogP contribution in [0.15, 0.2) is 79.3 Å². The maximum absolute atomic E-state index is 12.9. The van der Waals surface area contributed by atoms with Crippen molar-refractivity contribution in [3.63, 3.8) is 0 Å². The first-order valence-corrected chi connectivity index (χ1v) is 11.0. The number of fused-ring (bicyclic) bond motifs is 4. The van der Waals surface area contributed by atoms with Gasteiger partial charge in [0, 0.05) is 18.0 Å². The summed E-state index contributed by atoms with van der Waals surface area (Å²) in [4.78, 5) is 29.4. The van der Waals surface area contributed by atoms with Gasteiger partial charge in [0.05, 0.1) is 29.7 Å². The summed E-state index contributed by atoms with van der Waals surface area (Å²) in [7, 11) is 0. The van der Waals surface area contributed by atoms with Gasteiger partial charge in [0.2, 0.25) is 5.91 Å². The number of rotatable bonds is 4. The number of H-pyrrole nitrogens is 1. The molecule has 0 bridgehead atoms. The van der Waals surface area contributed by atoms with E-state index >= 15 is 0 Å². The Morgan fingerprint density at radius 3 is 2.67 bits per heavy atom. The smallest absolute Gasteiger partial charge is 0.225 e. The molecule has 0 saturated heterocycles. The van der Waals surface area contributed by atoms with Crippen molar-refractivity contribution in [1.82, 2.24) is 25.3 Å². The molecule has 3 aromatic heterocycles. The minimum absolute atomic E-state index is 0.0769. The summed E-state index contributed by atoms with van der Waals surface area (Å²) in [5.41, 5.74) is 7.86. The van der Waals surface area contributed by atoms with Gasteiger partial charge in [-0.1, -0.05) is 60.1 Å². The number of carbonyl (C=O) groups is 1. The van der Waals surface area contributed by atoms with E-state index in [4.69, 9.17) is 16.6 Å². The van der Waals surface area contributed by atoms with Crippen LogP contribution < -0.4 is 5.32 Å². The standard InChI is InChI=1S/C26H18ClN5O/c27-22-9-8-15(13-29-22)12-23(33)32-25-17-5-2-1-4-16(17)24-18(25)6-3-7-19(24)26-30-20-10-11-28-14-21(20)31-26/h1-11,13-14,25H,12H2,(H,30,31)(H,32,33). The third kappa shape index (κ3) is 3.45. The van der Waals surface area contributed by atoms with Gasteiger partial charge in [-0.3, -0.25) is 9.78 Å². The summed E-state index contributed by atoms with van der Waals surface area (Å²) in [6.07, 6.45) is 5.37. The second kappa shape index (κ2) is 7.83. The Kier molecular flexibility index (Phi) is 4.66. The van der Waals surface area contributed by atoms with Crippen molar-refractivity contribution in [2.45, 2.75) is 12.5 Å². The van der Waals surface area contributed by atoms with Crippen LogP contribution in [-0.4, -0.2) is 25.8 Å². The fraction of sp³-hybridized carbons (Fsp3) is 0.0769. The van der Waals surface area contributed by atoms with E-state index in [2.05, 4.69) is 44.5 Å². The molecule has 0 radical (unpaired) electrons. The summed E-state index contributed by atoms with van der Waals surface area (Å²) >= 11 is 5.87. The van der Waals surface area contributed by atoms with E-state index in [-0.39, 0.29) is 18.4 Å². The zero-order valence-electron chi connectivity index (χ0n) is 17.4. The Hall–Kier alpha value is -4.03. The quantitative estimate of drug-likeness (QED) is 0.372. The van der Waals surface area contributed by atoms with Crippen molar-refractivity contribution in [2.75, 3.05) is 0 Å². The monoisotopic (exact) mass is 451 g/mol. The number of benzene rings is 2. The molecule has 6 rings (SSSR count). The highest BCUT2D eigenvalue weighted by Crippen LogP contribution is 2.47. The third-order valence-corrected chi connectivity index (χ3v) is 6.17. The molecule has 0 fully saturated rings. The molecule has 1 aliphatic carbocycles. The number of amides is 1. The van der Waals surface area contributed by atoms with Gasteiger partial charge in [-0.05, 0) is 39.9 Å². The molecule has 160 valence electrons. The number of hydrogen-bond donors (Lipinski definition) is 2. The van der Waals surface area contributed by atoms with Crippen LogP contribution in [0.3, 0.4) is 0 Å². The predicted molar refractivity (Wildman–Crippen MR) is 128 cm³/mol. The summed E-state index contributed by atoms with van der Waals surface area (Å²) in [6, 6.07) is 19.5. The zero-order chi connectivity index (χ0) is 22.4. The molecule has 0 aliphatic heterocycles. The lowest BCUT2D eigenvalue weighted by Crippen LogP contribution is -2.29. The number of imidazole rings is 1. The molecule has 7 heteroatoms. The second-order valence-electron chi connectivity index (χ2n) is 8.00. The largest absolute Gasteiger partial charge is 0.345 e. The molecule has 1 atom stereocenters. The molecule has 33 heavy (non-hydrogen) atoms. The minimum Gasteiger partial charge on any atom is -0.345 e.